The van der Waals surface area contributed by atoms with Crippen LogP contribution in [0.4, 0.5) is 5.69 Å². The van der Waals surface area contributed by atoms with Crippen LogP contribution >= 0.6 is 0 Å². The van der Waals surface area contributed by atoms with Crippen LogP contribution in [0.25, 0.3) is 22.2 Å². The Hall–Kier alpha value is -5.13. The largest absolute Gasteiger partial charge is 0.494 e. The number of aromatic hydroxyl groups is 1. The molecule has 5 rings (SSSR count). The molecule has 0 saturated carbocycles. The van der Waals surface area contributed by atoms with E-state index >= 15 is 0 Å². The number of aromatic nitrogens is 6. The summed E-state index contributed by atoms with van der Waals surface area (Å²) in [6.07, 6.45) is 4.87. The van der Waals surface area contributed by atoms with Gasteiger partial charge in [-0.2, -0.15) is 0 Å². The molecule has 12 heteroatoms. The van der Waals surface area contributed by atoms with Gasteiger partial charge in [0.05, 0.1) is 23.3 Å². The minimum atomic E-state index is -0.786. The number of H-pyrrole nitrogens is 2. The molecule has 0 bridgehead atoms. The Kier molecular flexibility index (Phi) is 7.49. The molecule has 3 aromatic heterocycles. The number of unbranched alkanes of at least 4 members (excludes halogenated alkanes) is 3. The summed E-state index contributed by atoms with van der Waals surface area (Å²) in [6.45, 7) is 2.45. The molecule has 0 saturated heterocycles. The highest BCUT2D eigenvalue weighted by atomic mass is 16.3. The molecule has 0 amide bonds. The number of hydrogen-bond acceptors (Lipinski definition) is 8. The fourth-order valence-corrected chi connectivity index (χ4v) is 4.39. The SMILES string of the molecule is CCCCCCn1c(=O)[nH]c2nc3cc(N=Cc4c(O)n(Cc5ccccc5)c(=O)[nH]c4=O)ccc3nc2c1=O. The van der Waals surface area contributed by atoms with Crippen LogP contribution in [0.15, 0.2) is 72.7 Å². The summed E-state index contributed by atoms with van der Waals surface area (Å²) in [4.78, 5) is 68.2. The summed E-state index contributed by atoms with van der Waals surface area (Å²) in [5.41, 5.74) is -0.713. The number of nitrogens with zero attached hydrogens (tertiary/aromatic N) is 5. The summed E-state index contributed by atoms with van der Waals surface area (Å²) in [7, 11) is 0. The molecule has 0 aliphatic heterocycles. The molecule has 0 radical (unpaired) electrons. The first-order valence-electron chi connectivity index (χ1n) is 12.9. The second-order valence-corrected chi connectivity index (χ2v) is 9.37. The minimum absolute atomic E-state index is 0.0560. The molecule has 2 aromatic carbocycles. The predicted octanol–water partition coefficient (Wildman–Crippen LogP) is 2.57. The zero-order valence-corrected chi connectivity index (χ0v) is 21.8. The average molecular weight is 542 g/mol. The third kappa shape index (κ3) is 5.37. The topological polar surface area (TPSA) is 168 Å². The first-order chi connectivity index (χ1) is 19.4. The van der Waals surface area contributed by atoms with E-state index in [1.807, 2.05) is 6.07 Å². The van der Waals surface area contributed by atoms with E-state index in [0.717, 1.165) is 40.2 Å². The fraction of sp³-hybridized carbons (Fsp3) is 0.250. The summed E-state index contributed by atoms with van der Waals surface area (Å²) in [5, 5.41) is 10.7. The molecule has 0 aliphatic rings. The van der Waals surface area contributed by atoms with Gasteiger partial charge in [0.25, 0.3) is 11.1 Å². The van der Waals surface area contributed by atoms with Crippen LogP contribution in [-0.2, 0) is 13.1 Å². The van der Waals surface area contributed by atoms with Crippen LogP contribution < -0.4 is 22.5 Å². The molecule has 3 N–H and O–H groups in total. The second-order valence-electron chi connectivity index (χ2n) is 9.37. The normalized spacial score (nSPS) is 11.6. The zero-order chi connectivity index (χ0) is 28.2. The zero-order valence-electron chi connectivity index (χ0n) is 21.8. The maximum atomic E-state index is 13.0. The van der Waals surface area contributed by atoms with Gasteiger partial charge in [-0.05, 0) is 30.2 Å². The van der Waals surface area contributed by atoms with Gasteiger partial charge in [-0.3, -0.25) is 33.7 Å². The third-order valence-electron chi connectivity index (χ3n) is 6.53. The van der Waals surface area contributed by atoms with Gasteiger partial charge < -0.3 is 5.11 Å². The molecule has 0 fully saturated rings. The van der Waals surface area contributed by atoms with Crippen molar-refractivity contribution in [2.75, 3.05) is 0 Å². The van der Waals surface area contributed by atoms with E-state index in [1.165, 1.54) is 0 Å². The lowest BCUT2D eigenvalue weighted by Gasteiger charge is -2.09. The highest BCUT2D eigenvalue weighted by Crippen LogP contribution is 2.20. The molecule has 0 aliphatic carbocycles. The van der Waals surface area contributed by atoms with Crippen molar-refractivity contribution >= 4 is 34.1 Å². The molecule has 40 heavy (non-hydrogen) atoms. The number of rotatable bonds is 9. The number of aromatic amines is 2. The van der Waals surface area contributed by atoms with Crippen LogP contribution in [0.1, 0.15) is 43.7 Å². The molecule has 204 valence electrons. The summed E-state index contributed by atoms with van der Waals surface area (Å²) < 4.78 is 2.20. The summed E-state index contributed by atoms with van der Waals surface area (Å²) >= 11 is 0. The average Bonchev–Trinajstić information content (AvgIpc) is 2.94. The number of fused-ring (bicyclic) bond motifs is 2. The van der Waals surface area contributed by atoms with E-state index in [0.29, 0.717) is 29.7 Å². The molecule has 0 unspecified atom stereocenters. The number of aliphatic imine (C=N–C) groups is 1. The molecular weight excluding hydrogens is 514 g/mol. The van der Waals surface area contributed by atoms with E-state index in [4.69, 9.17) is 0 Å². The second kappa shape index (κ2) is 11.3. The predicted molar refractivity (Wildman–Crippen MR) is 152 cm³/mol. The maximum absolute atomic E-state index is 13.0. The van der Waals surface area contributed by atoms with Gasteiger partial charge in [0.2, 0.25) is 5.88 Å². The lowest BCUT2D eigenvalue weighted by atomic mass is 10.2. The highest BCUT2D eigenvalue weighted by molar-refractivity contribution is 5.88. The van der Waals surface area contributed by atoms with Crippen molar-refractivity contribution in [3.8, 4) is 5.88 Å². The molecule has 5 aromatic rings. The van der Waals surface area contributed by atoms with Crippen molar-refractivity contribution in [3.05, 3.63) is 101 Å². The quantitative estimate of drug-likeness (QED) is 0.146. The van der Waals surface area contributed by atoms with Gasteiger partial charge in [0.15, 0.2) is 11.2 Å². The van der Waals surface area contributed by atoms with E-state index < -0.39 is 28.4 Å². The van der Waals surface area contributed by atoms with Crippen molar-refractivity contribution in [2.24, 2.45) is 4.99 Å². The first kappa shape index (κ1) is 26.5. The van der Waals surface area contributed by atoms with Crippen molar-refractivity contribution in [2.45, 2.75) is 45.7 Å². The Morgan fingerprint density at radius 2 is 1.68 bits per heavy atom. The van der Waals surface area contributed by atoms with Gasteiger partial charge in [0, 0.05) is 12.8 Å². The van der Waals surface area contributed by atoms with E-state index in [1.54, 1.807) is 42.5 Å². The third-order valence-corrected chi connectivity index (χ3v) is 6.53. The lowest BCUT2D eigenvalue weighted by Crippen LogP contribution is -2.35. The van der Waals surface area contributed by atoms with Crippen LogP contribution in [0.2, 0.25) is 0 Å². The lowest BCUT2D eigenvalue weighted by molar-refractivity contribution is 0.408. The van der Waals surface area contributed by atoms with Crippen LogP contribution in [0.3, 0.4) is 0 Å². The number of hydrogen-bond donors (Lipinski definition) is 3. The van der Waals surface area contributed by atoms with Crippen LogP contribution in [-0.4, -0.2) is 40.4 Å². The maximum Gasteiger partial charge on any atom is 0.331 e. The number of nitrogens with one attached hydrogen (secondary N) is 2. The standard InChI is InChI=1S/C28H27N7O5/c1-2-3-4-8-13-34-26(38)22-23(32-27(34)39)31-21-14-18(11-12-20(21)30-22)29-15-19-24(36)33-28(40)35(25(19)37)16-17-9-6-5-7-10-17/h5-7,9-12,14-15,37H,2-4,8,13,16H2,1H3,(H,31,32,39)(H,33,36,40). The van der Waals surface area contributed by atoms with Crippen molar-refractivity contribution < 1.29 is 5.11 Å². The minimum Gasteiger partial charge on any atom is -0.494 e. The van der Waals surface area contributed by atoms with Gasteiger partial charge in [0.1, 0.15) is 5.56 Å². The van der Waals surface area contributed by atoms with Gasteiger partial charge in [-0.25, -0.2) is 19.6 Å². The van der Waals surface area contributed by atoms with Gasteiger partial charge in [-0.1, -0.05) is 56.5 Å². The van der Waals surface area contributed by atoms with Crippen molar-refractivity contribution in [3.63, 3.8) is 0 Å². The Morgan fingerprint density at radius 1 is 0.900 bits per heavy atom. The van der Waals surface area contributed by atoms with Crippen LogP contribution in [0, 0.1) is 0 Å². The molecule has 12 nitrogen and oxygen atoms in total. The Bertz CT molecular complexity index is 1970. The van der Waals surface area contributed by atoms with Crippen molar-refractivity contribution in [1.29, 1.82) is 0 Å². The Labute approximate surface area is 226 Å². The fourth-order valence-electron chi connectivity index (χ4n) is 4.39. The van der Waals surface area contributed by atoms with Crippen LogP contribution in [0.5, 0.6) is 5.88 Å². The molecule has 3 heterocycles. The van der Waals surface area contributed by atoms with E-state index in [2.05, 4.69) is 31.9 Å². The van der Waals surface area contributed by atoms with E-state index in [-0.39, 0.29) is 23.3 Å². The molecular formula is C28H27N7O5. The van der Waals surface area contributed by atoms with Gasteiger partial charge >= 0.3 is 11.4 Å². The monoisotopic (exact) mass is 541 g/mol. The van der Waals surface area contributed by atoms with Crippen molar-refractivity contribution in [1.82, 2.24) is 29.1 Å². The smallest absolute Gasteiger partial charge is 0.331 e. The van der Waals surface area contributed by atoms with E-state index in [9.17, 15) is 24.3 Å². The number of benzene rings is 2. The Balaban J connectivity index is 1.47. The Morgan fingerprint density at radius 3 is 2.45 bits per heavy atom. The summed E-state index contributed by atoms with van der Waals surface area (Å²) in [5.74, 6) is -0.517. The summed E-state index contributed by atoms with van der Waals surface area (Å²) in [6, 6.07) is 13.8. The highest BCUT2D eigenvalue weighted by Gasteiger charge is 2.14. The first-order valence-corrected chi connectivity index (χ1v) is 12.9. The molecule has 0 atom stereocenters. The van der Waals surface area contributed by atoms with Gasteiger partial charge in [-0.15, -0.1) is 0 Å². The molecule has 0 spiro atoms.